The van der Waals surface area contributed by atoms with Crippen molar-refractivity contribution in [1.82, 2.24) is 20.4 Å². The number of hydrogen-bond donors (Lipinski definition) is 2. The molecule has 8 heteroatoms. The van der Waals surface area contributed by atoms with E-state index in [-0.39, 0.29) is 24.0 Å². The van der Waals surface area contributed by atoms with Crippen LogP contribution in [0.1, 0.15) is 19.0 Å². The molecule has 1 aromatic rings. The molecule has 0 aromatic carbocycles. The number of rotatable bonds is 10. The molecule has 1 heterocycles. The van der Waals surface area contributed by atoms with Crippen molar-refractivity contribution in [1.29, 1.82) is 0 Å². The van der Waals surface area contributed by atoms with Crippen LogP contribution in [0.4, 0.5) is 0 Å². The molecule has 0 atom stereocenters. The topological polar surface area (TPSA) is 72.7 Å². The highest BCUT2D eigenvalue weighted by atomic mass is 127. The second-order valence-corrected chi connectivity index (χ2v) is 4.53. The zero-order valence-electron chi connectivity index (χ0n) is 13.7. The van der Waals surface area contributed by atoms with Crippen LogP contribution < -0.4 is 10.6 Å². The third kappa shape index (κ3) is 9.21. The van der Waals surface area contributed by atoms with E-state index in [1.54, 1.807) is 13.3 Å². The van der Waals surface area contributed by atoms with E-state index in [0.717, 1.165) is 37.8 Å². The average molecular weight is 425 g/mol. The van der Waals surface area contributed by atoms with Crippen molar-refractivity contribution in [2.24, 2.45) is 12.0 Å². The number of nitrogens with zero attached hydrogens (tertiary/aromatic N) is 3. The fraction of sp³-hybridized carbons (Fsp3) is 0.714. The Balaban J connectivity index is 0.00000441. The fourth-order valence-corrected chi connectivity index (χ4v) is 1.68. The normalized spacial score (nSPS) is 11.1. The van der Waals surface area contributed by atoms with Gasteiger partial charge >= 0.3 is 0 Å². The molecule has 1 aromatic heterocycles. The first-order valence-corrected chi connectivity index (χ1v) is 7.33. The van der Waals surface area contributed by atoms with Gasteiger partial charge in [0.2, 0.25) is 0 Å². The maximum atomic E-state index is 5.41. The third-order valence-electron chi connectivity index (χ3n) is 2.86. The van der Waals surface area contributed by atoms with Gasteiger partial charge in [-0.3, -0.25) is 4.68 Å². The Morgan fingerprint density at radius 2 is 2.14 bits per heavy atom. The summed E-state index contributed by atoms with van der Waals surface area (Å²) in [5.41, 5.74) is 1.08. The lowest BCUT2D eigenvalue weighted by molar-refractivity contribution is 0.0698. The van der Waals surface area contributed by atoms with Crippen molar-refractivity contribution in [2.45, 2.75) is 19.9 Å². The molecule has 0 radical (unpaired) electrons. The highest BCUT2D eigenvalue weighted by Gasteiger charge is 2.00. The second-order valence-electron chi connectivity index (χ2n) is 4.53. The number of guanidine groups is 1. The molecule has 0 saturated heterocycles. The minimum Gasteiger partial charge on any atom is -0.382 e. The molecule has 0 amide bonds. The first-order valence-electron chi connectivity index (χ1n) is 7.33. The van der Waals surface area contributed by atoms with Crippen LogP contribution in [0.3, 0.4) is 0 Å². The standard InChI is InChI=1S/C14H27N5O2.HI/c1-4-15-14(16-7-5-9-21-11-10-20-3)17-12-13-6-8-18-19(13)2;/h6,8H,4-5,7,9-12H2,1-3H3,(H2,15,16,17);1H. The molecule has 22 heavy (non-hydrogen) atoms. The predicted octanol–water partition coefficient (Wildman–Crippen LogP) is 1.15. The van der Waals surface area contributed by atoms with E-state index in [1.807, 2.05) is 17.8 Å². The highest BCUT2D eigenvalue weighted by molar-refractivity contribution is 14.0. The third-order valence-corrected chi connectivity index (χ3v) is 2.86. The zero-order valence-corrected chi connectivity index (χ0v) is 16.0. The quantitative estimate of drug-likeness (QED) is 0.255. The Labute approximate surface area is 149 Å². The van der Waals surface area contributed by atoms with Gasteiger partial charge in [-0.15, -0.1) is 24.0 Å². The smallest absolute Gasteiger partial charge is 0.191 e. The molecule has 0 bridgehead atoms. The average Bonchev–Trinajstić information content (AvgIpc) is 2.89. The van der Waals surface area contributed by atoms with E-state index in [0.29, 0.717) is 19.8 Å². The number of halogens is 1. The maximum Gasteiger partial charge on any atom is 0.191 e. The van der Waals surface area contributed by atoms with Gasteiger partial charge in [0, 0.05) is 40.1 Å². The summed E-state index contributed by atoms with van der Waals surface area (Å²) in [7, 11) is 3.59. The van der Waals surface area contributed by atoms with E-state index in [4.69, 9.17) is 9.47 Å². The number of aryl methyl sites for hydroxylation is 1. The van der Waals surface area contributed by atoms with Crippen molar-refractivity contribution in [3.8, 4) is 0 Å². The molecule has 0 fully saturated rings. The van der Waals surface area contributed by atoms with Crippen LogP contribution in [0.15, 0.2) is 17.3 Å². The van der Waals surface area contributed by atoms with E-state index >= 15 is 0 Å². The summed E-state index contributed by atoms with van der Waals surface area (Å²) < 4.78 is 12.2. The van der Waals surface area contributed by atoms with Gasteiger partial charge in [0.1, 0.15) is 0 Å². The molecule has 0 unspecified atom stereocenters. The Bertz CT molecular complexity index is 412. The summed E-state index contributed by atoms with van der Waals surface area (Å²) in [4.78, 5) is 4.54. The van der Waals surface area contributed by atoms with Gasteiger partial charge in [-0.25, -0.2) is 4.99 Å². The van der Waals surface area contributed by atoms with Gasteiger partial charge in [0.25, 0.3) is 0 Å². The Morgan fingerprint density at radius 1 is 1.32 bits per heavy atom. The lowest BCUT2D eigenvalue weighted by Crippen LogP contribution is -2.38. The van der Waals surface area contributed by atoms with E-state index < -0.39 is 0 Å². The summed E-state index contributed by atoms with van der Waals surface area (Å²) in [6.07, 6.45) is 2.71. The largest absolute Gasteiger partial charge is 0.382 e. The van der Waals surface area contributed by atoms with Gasteiger partial charge in [0.15, 0.2) is 5.96 Å². The minimum atomic E-state index is 0. The molecule has 0 aliphatic carbocycles. The van der Waals surface area contributed by atoms with Crippen molar-refractivity contribution in [3.05, 3.63) is 18.0 Å². The highest BCUT2D eigenvalue weighted by Crippen LogP contribution is 1.97. The van der Waals surface area contributed by atoms with Crippen molar-refractivity contribution in [3.63, 3.8) is 0 Å². The first-order chi connectivity index (χ1) is 10.3. The van der Waals surface area contributed by atoms with Crippen molar-refractivity contribution in [2.75, 3.05) is 40.0 Å². The molecular formula is C14H28IN5O2. The number of aliphatic imine (C=N–C) groups is 1. The fourth-order valence-electron chi connectivity index (χ4n) is 1.68. The molecule has 7 nitrogen and oxygen atoms in total. The van der Waals surface area contributed by atoms with E-state index in [9.17, 15) is 0 Å². The number of aromatic nitrogens is 2. The minimum absolute atomic E-state index is 0. The van der Waals surface area contributed by atoms with E-state index in [1.165, 1.54) is 0 Å². The molecular weight excluding hydrogens is 397 g/mol. The van der Waals surface area contributed by atoms with Crippen LogP contribution in [0.25, 0.3) is 0 Å². The summed E-state index contributed by atoms with van der Waals surface area (Å²) in [6.45, 7) is 6.32. The van der Waals surface area contributed by atoms with Crippen LogP contribution in [0, 0.1) is 0 Å². The molecule has 0 spiro atoms. The Kier molecular flexibility index (Phi) is 13.2. The number of nitrogens with one attached hydrogen (secondary N) is 2. The van der Waals surface area contributed by atoms with Gasteiger partial charge in [-0.1, -0.05) is 0 Å². The number of ether oxygens (including phenoxy) is 2. The predicted molar refractivity (Wildman–Crippen MR) is 98.8 cm³/mol. The summed E-state index contributed by atoms with van der Waals surface area (Å²) in [5, 5.41) is 10.6. The molecule has 1 rings (SSSR count). The monoisotopic (exact) mass is 425 g/mol. The maximum absolute atomic E-state index is 5.41. The molecule has 0 aliphatic heterocycles. The van der Waals surface area contributed by atoms with Gasteiger partial charge in [-0.2, -0.15) is 5.10 Å². The summed E-state index contributed by atoms with van der Waals surface area (Å²) in [5.74, 6) is 0.815. The SMILES string of the molecule is CCNC(=NCc1ccnn1C)NCCCOCCOC.I. The lowest BCUT2D eigenvalue weighted by Gasteiger charge is -2.11. The second kappa shape index (κ2) is 13.8. The van der Waals surface area contributed by atoms with Crippen LogP contribution in [0.5, 0.6) is 0 Å². The van der Waals surface area contributed by atoms with Gasteiger partial charge < -0.3 is 20.1 Å². The zero-order chi connectivity index (χ0) is 15.3. The van der Waals surface area contributed by atoms with Crippen LogP contribution in [-0.2, 0) is 23.1 Å². The molecule has 128 valence electrons. The van der Waals surface area contributed by atoms with Gasteiger partial charge in [0.05, 0.1) is 25.5 Å². The van der Waals surface area contributed by atoms with Crippen molar-refractivity contribution < 1.29 is 9.47 Å². The van der Waals surface area contributed by atoms with Crippen LogP contribution >= 0.6 is 24.0 Å². The number of methoxy groups -OCH3 is 1. The number of hydrogen-bond acceptors (Lipinski definition) is 4. The van der Waals surface area contributed by atoms with Crippen LogP contribution in [-0.4, -0.2) is 55.8 Å². The molecule has 2 N–H and O–H groups in total. The van der Waals surface area contributed by atoms with E-state index in [2.05, 4.69) is 27.6 Å². The summed E-state index contributed by atoms with van der Waals surface area (Å²) >= 11 is 0. The molecule has 0 saturated carbocycles. The van der Waals surface area contributed by atoms with Crippen molar-refractivity contribution >= 4 is 29.9 Å². The van der Waals surface area contributed by atoms with Crippen LogP contribution in [0.2, 0.25) is 0 Å². The lowest BCUT2D eigenvalue weighted by atomic mass is 10.4. The van der Waals surface area contributed by atoms with Gasteiger partial charge in [-0.05, 0) is 19.4 Å². The Morgan fingerprint density at radius 3 is 2.77 bits per heavy atom. The first kappa shape index (κ1) is 21.1. The molecule has 0 aliphatic rings. The summed E-state index contributed by atoms with van der Waals surface area (Å²) in [6, 6.07) is 1.97. The Hall–Kier alpha value is -0.870.